The molecule has 3 rings (SSSR count). The van der Waals surface area contributed by atoms with E-state index in [9.17, 15) is 0 Å². The first-order valence-corrected chi connectivity index (χ1v) is 6.65. The number of fused-ring (bicyclic) bond motifs is 3. The predicted molar refractivity (Wildman–Crippen MR) is 66.6 cm³/mol. The van der Waals surface area contributed by atoms with Crippen LogP contribution in [0.5, 0.6) is 0 Å². The Kier molecular flexibility index (Phi) is 3.02. The predicted octanol–water partition coefficient (Wildman–Crippen LogP) is 1.69. The molecule has 8 nitrogen and oxygen atoms in total. The molecule has 0 aliphatic carbocycles. The maximum absolute atomic E-state index is 8.56. The van der Waals surface area contributed by atoms with Gasteiger partial charge >= 0.3 is 0 Å². The van der Waals surface area contributed by atoms with Gasteiger partial charge in [0.25, 0.3) is 0 Å². The van der Waals surface area contributed by atoms with Gasteiger partial charge in [0.05, 0.1) is 13.2 Å². The van der Waals surface area contributed by atoms with Crippen molar-refractivity contribution in [2.75, 3.05) is 13.2 Å². The maximum Gasteiger partial charge on any atom is 0.206 e. The fourth-order valence-electron chi connectivity index (χ4n) is 3.09. The molecule has 8 heteroatoms. The van der Waals surface area contributed by atoms with Crippen molar-refractivity contribution in [3.63, 3.8) is 0 Å². The van der Waals surface area contributed by atoms with Gasteiger partial charge in [0, 0.05) is 4.91 Å². The fraction of sp³-hybridized carbons (Fsp3) is 1.00. The van der Waals surface area contributed by atoms with Gasteiger partial charge in [-0.15, -0.1) is 0 Å². The van der Waals surface area contributed by atoms with Crippen molar-refractivity contribution in [1.29, 1.82) is 0 Å². The molecule has 4 unspecified atom stereocenters. The molecule has 0 saturated carbocycles. The van der Waals surface area contributed by atoms with Crippen LogP contribution < -0.4 is 0 Å². The van der Waals surface area contributed by atoms with Gasteiger partial charge in [-0.25, -0.2) is 0 Å². The van der Waals surface area contributed by atoms with Crippen LogP contribution in [0.1, 0.15) is 27.7 Å². The first kappa shape index (κ1) is 14.1. The summed E-state index contributed by atoms with van der Waals surface area (Å²) in [5.74, 6) is -2.63. The van der Waals surface area contributed by atoms with Crippen molar-refractivity contribution in [1.82, 2.24) is 0 Å². The number of nitrogens with zero attached hydrogens (tertiary/aromatic N) is 3. The summed E-state index contributed by atoms with van der Waals surface area (Å²) < 4.78 is 29.3. The van der Waals surface area contributed by atoms with Crippen molar-refractivity contribution < 1.29 is 23.7 Å². The summed E-state index contributed by atoms with van der Waals surface area (Å²) in [6.45, 7) is 7.63. The zero-order valence-corrected chi connectivity index (χ0v) is 12.0. The lowest BCUT2D eigenvalue weighted by Gasteiger charge is -2.39. The number of ether oxygens (including phenoxy) is 5. The SMILES string of the molecule is CC1(C)OC2COC3(CN=[N+]=[N-])OC(C)(C)OC3C2O1. The zero-order chi connectivity index (χ0) is 14.6. The normalized spacial score (nSPS) is 44.5. The zero-order valence-electron chi connectivity index (χ0n) is 12.0. The van der Waals surface area contributed by atoms with Crippen LogP contribution in [0.2, 0.25) is 0 Å². The van der Waals surface area contributed by atoms with Gasteiger partial charge in [0.15, 0.2) is 11.6 Å². The molecule has 3 heterocycles. The largest absolute Gasteiger partial charge is 0.344 e. The van der Waals surface area contributed by atoms with Gasteiger partial charge < -0.3 is 23.7 Å². The van der Waals surface area contributed by atoms with Crippen molar-refractivity contribution in [3.05, 3.63) is 10.4 Å². The maximum atomic E-state index is 8.56. The highest BCUT2D eigenvalue weighted by Crippen LogP contribution is 2.47. The third-order valence-electron chi connectivity index (χ3n) is 3.63. The fourth-order valence-corrected chi connectivity index (χ4v) is 3.09. The van der Waals surface area contributed by atoms with E-state index >= 15 is 0 Å². The van der Waals surface area contributed by atoms with Crippen LogP contribution in [-0.2, 0) is 23.7 Å². The highest BCUT2D eigenvalue weighted by Gasteiger charge is 2.64. The van der Waals surface area contributed by atoms with Crippen molar-refractivity contribution in [2.24, 2.45) is 5.11 Å². The second kappa shape index (κ2) is 4.30. The quantitative estimate of drug-likeness (QED) is 0.437. The van der Waals surface area contributed by atoms with Crippen LogP contribution in [0.3, 0.4) is 0 Å². The number of azide groups is 1. The molecule has 0 radical (unpaired) electrons. The Balaban J connectivity index is 1.91. The molecular weight excluding hydrogens is 266 g/mol. The topological polar surface area (TPSA) is 94.9 Å². The number of rotatable bonds is 2. The lowest BCUT2D eigenvalue weighted by molar-refractivity contribution is -0.274. The minimum absolute atomic E-state index is 0.0323. The highest BCUT2D eigenvalue weighted by molar-refractivity contribution is 5.04. The summed E-state index contributed by atoms with van der Waals surface area (Å²) in [5, 5.41) is 3.60. The highest BCUT2D eigenvalue weighted by atomic mass is 16.9. The van der Waals surface area contributed by atoms with Crippen LogP contribution in [0, 0.1) is 0 Å². The van der Waals surface area contributed by atoms with Crippen molar-refractivity contribution >= 4 is 0 Å². The van der Waals surface area contributed by atoms with Crippen LogP contribution in [0.15, 0.2) is 5.11 Å². The Hall–Kier alpha value is -0.890. The first-order valence-electron chi connectivity index (χ1n) is 6.65. The molecule has 3 aliphatic rings. The van der Waals surface area contributed by atoms with Gasteiger partial charge in [-0.05, 0) is 33.2 Å². The Labute approximate surface area is 116 Å². The second-order valence-corrected chi connectivity index (χ2v) is 6.19. The third-order valence-corrected chi connectivity index (χ3v) is 3.63. The molecule has 3 fully saturated rings. The molecule has 0 amide bonds. The molecule has 0 aromatic rings. The van der Waals surface area contributed by atoms with E-state index in [1.165, 1.54) is 0 Å². The number of hydrogen-bond acceptors (Lipinski definition) is 6. The summed E-state index contributed by atoms with van der Waals surface area (Å²) in [4.78, 5) is 2.78. The summed E-state index contributed by atoms with van der Waals surface area (Å²) >= 11 is 0. The molecule has 20 heavy (non-hydrogen) atoms. The van der Waals surface area contributed by atoms with E-state index in [1.807, 2.05) is 13.8 Å². The Bertz CT molecular complexity index is 462. The van der Waals surface area contributed by atoms with E-state index in [2.05, 4.69) is 10.0 Å². The Morgan fingerprint density at radius 2 is 1.90 bits per heavy atom. The molecule has 0 N–H and O–H groups in total. The summed E-state index contributed by atoms with van der Waals surface area (Å²) in [6, 6.07) is 0. The lowest BCUT2D eigenvalue weighted by Crippen LogP contribution is -2.59. The molecular formula is C12H19N3O5. The van der Waals surface area contributed by atoms with Crippen LogP contribution >= 0.6 is 0 Å². The summed E-state index contributed by atoms with van der Waals surface area (Å²) in [7, 11) is 0. The summed E-state index contributed by atoms with van der Waals surface area (Å²) in [6.07, 6.45) is -1.02. The second-order valence-electron chi connectivity index (χ2n) is 6.19. The smallest absolute Gasteiger partial charge is 0.206 e. The lowest BCUT2D eigenvalue weighted by atomic mass is 9.97. The van der Waals surface area contributed by atoms with Gasteiger partial charge in [0.2, 0.25) is 5.79 Å². The molecule has 0 aromatic heterocycles. The molecule has 0 spiro atoms. The molecule has 4 atom stereocenters. The molecule has 112 valence electrons. The number of hydrogen-bond donors (Lipinski definition) is 0. The third kappa shape index (κ3) is 2.18. The van der Waals surface area contributed by atoms with Crippen molar-refractivity contribution in [3.8, 4) is 0 Å². The Morgan fingerprint density at radius 3 is 2.60 bits per heavy atom. The standard InChI is InChI=1S/C12H19N3O5/c1-10(2)17-7-5-16-12(6-14-15-13)9(8(7)18-10)19-11(3,4)20-12/h7-9H,5-6H2,1-4H3. The van der Waals surface area contributed by atoms with Gasteiger partial charge in [-0.2, -0.15) is 0 Å². The van der Waals surface area contributed by atoms with E-state index in [0.717, 1.165) is 0 Å². The molecule has 3 saturated heterocycles. The van der Waals surface area contributed by atoms with Gasteiger partial charge in [-0.1, -0.05) is 5.11 Å². The minimum Gasteiger partial charge on any atom is -0.344 e. The van der Waals surface area contributed by atoms with E-state index in [4.69, 9.17) is 29.2 Å². The van der Waals surface area contributed by atoms with Crippen LogP contribution in [0.4, 0.5) is 0 Å². The first-order chi connectivity index (χ1) is 9.27. The summed E-state index contributed by atoms with van der Waals surface area (Å²) in [5.41, 5.74) is 8.56. The Morgan fingerprint density at radius 1 is 1.15 bits per heavy atom. The minimum atomic E-state index is -1.11. The molecule has 0 bridgehead atoms. The monoisotopic (exact) mass is 285 g/mol. The average molecular weight is 285 g/mol. The van der Waals surface area contributed by atoms with E-state index in [1.54, 1.807) is 13.8 Å². The van der Waals surface area contributed by atoms with Gasteiger partial charge in [-0.3, -0.25) is 0 Å². The molecule has 3 aliphatic heterocycles. The van der Waals surface area contributed by atoms with Crippen LogP contribution in [-0.4, -0.2) is 48.8 Å². The van der Waals surface area contributed by atoms with Crippen LogP contribution in [0.25, 0.3) is 10.4 Å². The van der Waals surface area contributed by atoms with E-state index in [0.29, 0.717) is 6.61 Å². The van der Waals surface area contributed by atoms with Crippen molar-refractivity contribution in [2.45, 2.75) is 63.4 Å². The van der Waals surface area contributed by atoms with E-state index < -0.39 is 23.5 Å². The van der Waals surface area contributed by atoms with Gasteiger partial charge in [0.1, 0.15) is 18.3 Å². The average Bonchev–Trinajstić information content (AvgIpc) is 2.78. The van der Waals surface area contributed by atoms with E-state index in [-0.39, 0.29) is 18.8 Å². The molecule has 0 aromatic carbocycles.